The lowest BCUT2D eigenvalue weighted by Crippen LogP contribution is -2.30. The minimum atomic E-state index is -0.607. The topological polar surface area (TPSA) is 47.6 Å². The van der Waals surface area contributed by atoms with Gasteiger partial charge in [-0.2, -0.15) is 0 Å². The van der Waals surface area contributed by atoms with Gasteiger partial charge in [-0.3, -0.25) is 4.79 Å². The quantitative estimate of drug-likeness (QED) is 0.807. The maximum Gasteiger partial charge on any atom is 0.265 e. The minimum Gasteiger partial charge on any atom is -0.492 e. The van der Waals surface area contributed by atoms with Gasteiger partial charge in [-0.05, 0) is 49.6 Å². The second-order valence-electron chi connectivity index (χ2n) is 5.90. The van der Waals surface area contributed by atoms with E-state index in [9.17, 15) is 4.79 Å². The lowest BCUT2D eigenvalue weighted by atomic mass is 10.0. The summed E-state index contributed by atoms with van der Waals surface area (Å²) in [6.45, 7) is 8.46. The fraction of sp³-hybridized carbons (Fsp3) is 0.350. The van der Waals surface area contributed by atoms with E-state index < -0.39 is 6.10 Å². The summed E-state index contributed by atoms with van der Waals surface area (Å²) < 4.78 is 11.2. The lowest BCUT2D eigenvalue weighted by Gasteiger charge is -2.17. The zero-order valence-electron chi connectivity index (χ0n) is 14.7. The molecular weight excluding hydrogens is 302 g/mol. The van der Waals surface area contributed by atoms with Gasteiger partial charge >= 0.3 is 0 Å². The normalized spacial score (nSPS) is 11.9. The Balaban J connectivity index is 1.99. The molecular formula is C20H25NO3. The molecule has 0 fully saturated rings. The van der Waals surface area contributed by atoms with Crippen LogP contribution in [0.1, 0.15) is 39.2 Å². The number of carbonyl (C=O) groups excluding carboxylic acids is 1. The molecule has 128 valence electrons. The standard InChI is InChI=1S/C20H25NO3/c1-5-23-19-9-7-6-8-18(19)21-20(22)15(4)24-17-12-10-16(11-13-17)14(2)3/h6-15H,5H2,1-4H3,(H,21,22). The van der Waals surface area contributed by atoms with Crippen molar-refractivity contribution in [2.24, 2.45) is 0 Å². The van der Waals surface area contributed by atoms with Crippen molar-refractivity contribution in [2.45, 2.75) is 39.7 Å². The molecule has 0 aliphatic rings. The Kier molecular flexibility index (Phi) is 6.24. The number of anilines is 1. The first-order chi connectivity index (χ1) is 11.5. The summed E-state index contributed by atoms with van der Waals surface area (Å²) in [4.78, 5) is 12.4. The smallest absolute Gasteiger partial charge is 0.265 e. The van der Waals surface area contributed by atoms with Crippen LogP contribution in [0, 0.1) is 0 Å². The highest BCUT2D eigenvalue weighted by Crippen LogP contribution is 2.24. The van der Waals surface area contributed by atoms with Gasteiger partial charge in [-0.25, -0.2) is 0 Å². The zero-order chi connectivity index (χ0) is 17.5. The average Bonchev–Trinajstić information content (AvgIpc) is 2.57. The number of para-hydroxylation sites is 2. The first kappa shape index (κ1) is 17.9. The molecule has 0 bridgehead atoms. The number of amides is 1. The Bertz CT molecular complexity index is 665. The van der Waals surface area contributed by atoms with Crippen LogP contribution >= 0.6 is 0 Å². The number of carbonyl (C=O) groups is 1. The Morgan fingerprint density at radius 2 is 1.71 bits per heavy atom. The van der Waals surface area contributed by atoms with Gasteiger partial charge < -0.3 is 14.8 Å². The van der Waals surface area contributed by atoms with Gasteiger partial charge in [0.25, 0.3) is 5.91 Å². The molecule has 24 heavy (non-hydrogen) atoms. The molecule has 2 rings (SSSR count). The van der Waals surface area contributed by atoms with Gasteiger partial charge in [0.1, 0.15) is 11.5 Å². The third kappa shape index (κ3) is 4.75. The van der Waals surface area contributed by atoms with Crippen molar-refractivity contribution in [3.63, 3.8) is 0 Å². The van der Waals surface area contributed by atoms with Crippen LogP contribution in [0.4, 0.5) is 5.69 Å². The van der Waals surface area contributed by atoms with Crippen molar-refractivity contribution >= 4 is 11.6 Å². The Labute approximate surface area is 143 Å². The second-order valence-corrected chi connectivity index (χ2v) is 5.90. The van der Waals surface area contributed by atoms with Crippen molar-refractivity contribution < 1.29 is 14.3 Å². The van der Waals surface area contributed by atoms with Crippen LogP contribution in [-0.4, -0.2) is 18.6 Å². The summed E-state index contributed by atoms with van der Waals surface area (Å²) in [6, 6.07) is 15.2. The molecule has 0 aliphatic heterocycles. The van der Waals surface area contributed by atoms with E-state index in [1.807, 2.05) is 55.5 Å². The monoisotopic (exact) mass is 327 g/mol. The number of rotatable bonds is 7. The number of ether oxygens (including phenoxy) is 2. The minimum absolute atomic E-state index is 0.213. The van der Waals surface area contributed by atoms with E-state index in [2.05, 4.69) is 19.2 Å². The van der Waals surface area contributed by atoms with Gasteiger partial charge in [0.15, 0.2) is 6.10 Å². The molecule has 0 saturated heterocycles. The van der Waals surface area contributed by atoms with Crippen LogP contribution in [0.25, 0.3) is 0 Å². The molecule has 0 heterocycles. The molecule has 1 atom stereocenters. The Morgan fingerprint density at radius 3 is 2.33 bits per heavy atom. The molecule has 1 unspecified atom stereocenters. The predicted octanol–water partition coefficient (Wildman–Crippen LogP) is 4.61. The summed E-state index contributed by atoms with van der Waals surface area (Å²) in [5.74, 6) is 1.59. The van der Waals surface area contributed by atoms with Crippen LogP contribution in [0.15, 0.2) is 48.5 Å². The molecule has 2 aromatic rings. The lowest BCUT2D eigenvalue weighted by molar-refractivity contribution is -0.122. The fourth-order valence-corrected chi connectivity index (χ4v) is 2.27. The van der Waals surface area contributed by atoms with Gasteiger partial charge in [0.2, 0.25) is 0 Å². The predicted molar refractivity (Wildman–Crippen MR) is 96.9 cm³/mol. The summed E-state index contributed by atoms with van der Waals surface area (Å²) in [5.41, 5.74) is 1.89. The van der Waals surface area contributed by atoms with Crippen molar-refractivity contribution in [3.8, 4) is 11.5 Å². The molecule has 0 spiro atoms. The van der Waals surface area contributed by atoms with E-state index >= 15 is 0 Å². The van der Waals surface area contributed by atoms with Gasteiger partial charge in [-0.1, -0.05) is 38.1 Å². The van der Waals surface area contributed by atoms with Crippen LogP contribution in [-0.2, 0) is 4.79 Å². The van der Waals surface area contributed by atoms with Crippen LogP contribution in [0.3, 0.4) is 0 Å². The van der Waals surface area contributed by atoms with Crippen molar-refractivity contribution in [3.05, 3.63) is 54.1 Å². The van der Waals surface area contributed by atoms with Crippen LogP contribution in [0.2, 0.25) is 0 Å². The van der Waals surface area contributed by atoms with E-state index in [1.54, 1.807) is 6.92 Å². The number of hydrogen-bond acceptors (Lipinski definition) is 3. The third-order valence-electron chi connectivity index (χ3n) is 3.67. The SMILES string of the molecule is CCOc1ccccc1NC(=O)C(C)Oc1ccc(C(C)C)cc1. The zero-order valence-corrected chi connectivity index (χ0v) is 14.7. The van der Waals surface area contributed by atoms with E-state index in [-0.39, 0.29) is 5.91 Å². The fourth-order valence-electron chi connectivity index (χ4n) is 2.27. The molecule has 0 aromatic heterocycles. The summed E-state index contributed by atoms with van der Waals surface area (Å²) in [7, 11) is 0. The summed E-state index contributed by atoms with van der Waals surface area (Å²) in [5, 5.41) is 2.86. The van der Waals surface area contributed by atoms with Gasteiger partial charge in [0, 0.05) is 0 Å². The van der Waals surface area contributed by atoms with Crippen LogP contribution < -0.4 is 14.8 Å². The highest BCUT2D eigenvalue weighted by molar-refractivity contribution is 5.95. The third-order valence-corrected chi connectivity index (χ3v) is 3.67. The van der Waals surface area contributed by atoms with Gasteiger partial charge in [-0.15, -0.1) is 0 Å². The number of benzene rings is 2. The highest BCUT2D eigenvalue weighted by Gasteiger charge is 2.16. The second kappa shape index (κ2) is 8.39. The maximum absolute atomic E-state index is 12.4. The Hall–Kier alpha value is -2.49. The molecule has 4 heteroatoms. The molecule has 0 aliphatic carbocycles. The number of nitrogens with one attached hydrogen (secondary N) is 1. The number of hydrogen-bond donors (Lipinski definition) is 1. The molecule has 0 radical (unpaired) electrons. The first-order valence-corrected chi connectivity index (χ1v) is 8.30. The molecule has 4 nitrogen and oxygen atoms in total. The van der Waals surface area contributed by atoms with Gasteiger partial charge in [0.05, 0.1) is 12.3 Å². The highest BCUT2D eigenvalue weighted by atomic mass is 16.5. The molecule has 0 saturated carbocycles. The van der Waals surface area contributed by atoms with E-state index in [4.69, 9.17) is 9.47 Å². The molecule has 1 N–H and O–H groups in total. The van der Waals surface area contributed by atoms with Crippen molar-refractivity contribution in [2.75, 3.05) is 11.9 Å². The summed E-state index contributed by atoms with van der Waals surface area (Å²) in [6.07, 6.45) is -0.607. The largest absolute Gasteiger partial charge is 0.492 e. The van der Waals surface area contributed by atoms with Crippen molar-refractivity contribution in [1.29, 1.82) is 0 Å². The van der Waals surface area contributed by atoms with E-state index in [0.29, 0.717) is 29.7 Å². The van der Waals surface area contributed by atoms with Crippen LogP contribution in [0.5, 0.6) is 11.5 Å². The molecule has 2 aromatic carbocycles. The summed E-state index contributed by atoms with van der Waals surface area (Å²) >= 11 is 0. The average molecular weight is 327 g/mol. The van der Waals surface area contributed by atoms with E-state index in [0.717, 1.165) is 0 Å². The molecule has 1 amide bonds. The Morgan fingerprint density at radius 1 is 1.04 bits per heavy atom. The maximum atomic E-state index is 12.4. The van der Waals surface area contributed by atoms with E-state index in [1.165, 1.54) is 5.56 Å². The van der Waals surface area contributed by atoms with Crippen molar-refractivity contribution in [1.82, 2.24) is 0 Å². The first-order valence-electron chi connectivity index (χ1n) is 8.30.